The first-order chi connectivity index (χ1) is 24.2. The quantitative estimate of drug-likeness (QED) is 0.188. The third-order valence-corrected chi connectivity index (χ3v) is 9.88. The molecule has 2 atom stereocenters. The predicted octanol–water partition coefficient (Wildman–Crippen LogP) is 3.67. The van der Waals surface area contributed by atoms with Crippen LogP contribution in [0.3, 0.4) is 0 Å². The number of esters is 1. The summed E-state index contributed by atoms with van der Waals surface area (Å²) < 4.78 is 82.0. The van der Waals surface area contributed by atoms with Crippen LogP contribution in [-0.4, -0.2) is 80.7 Å². The molecular weight excluding hydrogens is 774 g/mol. The number of nitrogens with two attached hydrogens (primary N) is 1. The Kier molecular flexibility index (Phi) is 14.8. The molecule has 1 amide bonds. The molecule has 1 aliphatic heterocycles. The molecule has 2 unspecified atom stereocenters. The van der Waals surface area contributed by atoms with Crippen LogP contribution in [0.25, 0.3) is 5.69 Å². The standard InChI is InChI=1S/C16H14ClF3N2O4.C10H12N2O3S.C5H12NO4P/c1-8(2)26-14(24)10-6-9(4-5-11(10)17)22-13(23)7-12(16(18,19)20)21(3)15(22)25;1-7(2)12-10(13)8-5-3-4-6-9(8)11-16(12,14)15;1-11(9,10)3-2-4(6)5(7)8/h4-8H,1-3H3;3-7,11H,1-2H3;4H,2-3,6H2,1H3,(H,7,8)(H,9,10). The highest BCUT2D eigenvalue weighted by Crippen LogP contribution is 2.35. The summed E-state index contributed by atoms with van der Waals surface area (Å²) in [6, 6.07) is 9.03. The van der Waals surface area contributed by atoms with Crippen molar-refractivity contribution in [3.8, 4) is 5.69 Å². The minimum absolute atomic E-state index is 0.0104. The molecule has 0 radical (unpaired) electrons. The molecule has 292 valence electrons. The van der Waals surface area contributed by atoms with Gasteiger partial charge in [0, 0.05) is 32.0 Å². The van der Waals surface area contributed by atoms with E-state index in [-0.39, 0.29) is 28.9 Å². The van der Waals surface area contributed by atoms with Crippen molar-refractivity contribution in [2.24, 2.45) is 12.8 Å². The van der Waals surface area contributed by atoms with Gasteiger partial charge in [-0.25, -0.2) is 18.5 Å². The van der Waals surface area contributed by atoms with E-state index in [4.69, 9.17) is 32.1 Å². The fourth-order valence-electron chi connectivity index (χ4n) is 4.41. The number of hydrogen-bond donors (Lipinski definition) is 4. The van der Waals surface area contributed by atoms with Crippen LogP contribution in [0.15, 0.2) is 58.1 Å². The number of ether oxygens (including phenoxy) is 1. The number of fused-ring (bicyclic) bond motifs is 1. The monoisotopic (exact) mass is 811 g/mol. The van der Waals surface area contributed by atoms with Crippen molar-refractivity contribution in [3.05, 3.63) is 91.2 Å². The molecule has 5 N–H and O–H groups in total. The van der Waals surface area contributed by atoms with E-state index in [0.717, 1.165) is 17.4 Å². The number of carbonyl (C=O) groups is 3. The van der Waals surface area contributed by atoms with Crippen molar-refractivity contribution in [3.63, 3.8) is 0 Å². The van der Waals surface area contributed by atoms with Gasteiger partial charge >= 0.3 is 34.0 Å². The van der Waals surface area contributed by atoms with E-state index in [1.807, 2.05) is 0 Å². The van der Waals surface area contributed by atoms with Gasteiger partial charge in [-0.15, -0.1) is 0 Å². The van der Waals surface area contributed by atoms with Crippen LogP contribution < -0.4 is 21.7 Å². The van der Waals surface area contributed by atoms with Crippen LogP contribution in [0.2, 0.25) is 5.02 Å². The Balaban J connectivity index is 0.000000306. The van der Waals surface area contributed by atoms with E-state index in [0.29, 0.717) is 26.5 Å². The van der Waals surface area contributed by atoms with E-state index in [1.54, 1.807) is 52.0 Å². The summed E-state index contributed by atoms with van der Waals surface area (Å²) in [5.74, 6) is -2.41. The van der Waals surface area contributed by atoms with Crippen LogP contribution in [0.5, 0.6) is 0 Å². The van der Waals surface area contributed by atoms with Crippen molar-refractivity contribution in [1.82, 2.24) is 13.4 Å². The zero-order valence-corrected chi connectivity index (χ0v) is 31.6. The number of anilines is 1. The normalized spacial score (nSPS) is 15.1. The summed E-state index contributed by atoms with van der Waals surface area (Å²) in [5.41, 5.74) is 1.80. The Morgan fingerprint density at radius 3 is 2.15 bits per heavy atom. The molecule has 0 spiro atoms. The maximum Gasteiger partial charge on any atom is 0.431 e. The van der Waals surface area contributed by atoms with Crippen LogP contribution >= 0.6 is 19.0 Å². The number of nitrogens with one attached hydrogen (secondary N) is 1. The number of alkyl halides is 3. The van der Waals surface area contributed by atoms with E-state index < -0.39 is 76.7 Å². The smallest absolute Gasteiger partial charge is 0.431 e. The van der Waals surface area contributed by atoms with Crippen molar-refractivity contribution in [2.45, 2.75) is 58.5 Å². The Morgan fingerprint density at radius 2 is 1.64 bits per heavy atom. The number of aromatic nitrogens is 2. The number of nitrogens with zero attached hydrogens (tertiary/aromatic N) is 3. The lowest BCUT2D eigenvalue weighted by atomic mass is 10.1. The molecule has 4 rings (SSSR count). The molecule has 0 saturated heterocycles. The van der Waals surface area contributed by atoms with Gasteiger partial charge in [-0.05, 0) is 64.4 Å². The lowest BCUT2D eigenvalue weighted by Crippen LogP contribution is -2.48. The molecular formula is C31H38ClF3N5O11PS. The summed E-state index contributed by atoms with van der Waals surface area (Å²) in [7, 11) is -5.96. The summed E-state index contributed by atoms with van der Waals surface area (Å²) >= 11 is 5.94. The number of para-hydroxylation sites is 1. The van der Waals surface area contributed by atoms with Gasteiger partial charge in [0.25, 0.3) is 11.5 Å². The average Bonchev–Trinajstić information content (AvgIpc) is 3.01. The lowest BCUT2D eigenvalue weighted by molar-refractivity contribution is -0.144. The molecule has 2 heterocycles. The van der Waals surface area contributed by atoms with Gasteiger partial charge in [0.2, 0.25) is 0 Å². The molecule has 0 bridgehead atoms. The molecule has 22 heteroatoms. The zero-order valence-electron chi connectivity index (χ0n) is 29.1. The number of amides is 1. The van der Waals surface area contributed by atoms with Gasteiger partial charge in [0.15, 0.2) is 7.37 Å². The number of halogens is 4. The molecule has 2 aromatic carbocycles. The highest BCUT2D eigenvalue weighted by atomic mass is 35.5. The third kappa shape index (κ3) is 12.0. The minimum Gasteiger partial charge on any atom is -0.480 e. The average molecular weight is 812 g/mol. The van der Waals surface area contributed by atoms with Gasteiger partial charge in [0.05, 0.1) is 33.6 Å². The Labute approximate surface area is 306 Å². The SMILES string of the molecule is CC(C)N1C(=O)c2ccccc2NS1(=O)=O.CC(C)OC(=O)c1cc(-n2c(=O)cc(C(F)(F)F)n(C)c2=O)ccc1Cl.CP(=O)(O)CCC(N)C(=O)O. The summed E-state index contributed by atoms with van der Waals surface area (Å²) in [5, 5.41) is 8.29. The highest BCUT2D eigenvalue weighted by Gasteiger charge is 2.37. The topological polar surface area (TPSA) is 237 Å². The molecule has 0 fully saturated rings. The first kappa shape index (κ1) is 44.7. The molecule has 0 aliphatic carbocycles. The van der Waals surface area contributed by atoms with E-state index in [1.165, 1.54) is 18.8 Å². The maximum atomic E-state index is 12.9. The molecule has 1 aliphatic rings. The van der Waals surface area contributed by atoms with Gasteiger partial charge in [-0.2, -0.15) is 21.6 Å². The van der Waals surface area contributed by atoms with Crippen LogP contribution in [0.1, 0.15) is 60.5 Å². The molecule has 1 aromatic heterocycles. The third-order valence-electron chi connectivity index (χ3n) is 6.88. The zero-order chi connectivity index (χ0) is 40.8. The molecule has 16 nitrogen and oxygen atoms in total. The number of benzene rings is 2. The van der Waals surface area contributed by atoms with E-state index >= 15 is 0 Å². The van der Waals surface area contributed by atoms with E-state index in [2.05, 4.69) is 4.72 Å². The Hall–Kier alpha value is -4.49. The largest absolute Gasteiger partial charge is 0.480 e. The number of hydrogen-bond acceptors (Lipinski definition) is 10. The fourth-order valence-corrected chi connectivity index (χ4v) is 6.79. The van der Waals surface area contributed by atoms with Gasteiger partial charge in [-0.3, -0.25) is 28.2 Å². The fraction of sp³-hybridized carbons (Fsp3) is 0.387. The van der Waals surface area contributed by atoms with Crippen LogP contribution in [-0.2, 0) is 37.5 Å². The lowest BCUT2D eigenvalue weighted by Gasteiger charge is -2.31. The summed E-state index contributed by atoms with van der Waals surface area (Å²) in [6.45, 7) is 7.73. The summed E-state index contributed by atoms with van der Waals surface area (Å²) in [6.07, 6.45) is -5.30. The minimum atomic E-state index is -4.86. The van der Waals surface area contributed by atoms with Gasteiger partial charge < -0.3 is 20.5 Å². The maximum absolute atomic E-state index is 12.9. The molecule has 3 aromatic rings. The molecule has 53 heavy (non-hydrogen) atoms. The highest BCUT2D eigenvalue weighted by molar-refractivity contribution is 7.91. The number of aliphatic carboxylic acids is 1. The number of carboxylic acids is 1. The van der Waals surface area contributed by atoms with Crippen LogP contribution in [0.4, 0.5) is 18.9 Å². The first-order valence-electron chi connectivity index (χ1n) is 15.3. The van der Waals surface area contributed by atoms with Gasteiger partial charge in [-0.1, -0.05) is 23.7 Å². The number of carbonyl (C=O) groups excluding carboxylic acids is 2. The van der Waals surface area contributed by atoms with E-state index in [9.17, 15) is 50.1 Å². The second kappa shape index (κ2) is 17.6. The number of rotatable bonds is 8. The number of carboxylic acid groups (broad SMARTS) is 1. The van der Waals surface area contributed by atoms with Crippen molar-refractivity contribution in [2.75, 3.05) is 17.5 Å². The second-order valence-corrected chi connectivity index (χ2v) is 16.5. The van der Waals surface area contributed by atoms with Crippen molar-refractivity contribution < 1.29 is 55.3 Å². The van der Waals surface area contributed by atoms with Crippen molar-refractivity contribution >= 4 is 52.7 Å². The Morgan fingerprint density at radius 1 is 1.06 bits per heavy atom. The van der Waals surface area contributed by atoms with Crippen LogP contribution in [0, 0.1) is 0 Å². The van der Waals surface area contributed by atoms with Gasteiger partial charge in [0.1, 0.15) is 11.7 Å². The van der Waals surface area contributed by atoms with Crippen molar-refractivity contribution in [1.29, 1.82) is 0 Å². The second-order valence-electron chi connectivity index (χ2n) is 12.0. The Bertz CT molecular complexity index is 2130. The first-order valence-corrected chi connectivity index (χ1v) is 19.4. The predicted molar refractivity (Wildman–Crippen MR) is 189 cm³/mol. The molecule has 0 saturated carbocycles. The summed E-state index contributed by atoms with van der Waals surface area (Å²) in [4.78, 5) is 67.3.